The maximum absolute atomic E-state index is 13.4. The number of amides is 1. The molecule has 0 radical (unpaired) electrons. The van der Waals surface area contributed by atoms with Gasteiger partial charge in [-0.05, 0) is 38.1 Å². The highest BCUT2D eigenvalue weighted by Crippen LogP contribution is 2.36. The van der Waals surface area contributed by atoms with E-state index in [9.17, 15) is 4.79 Å². The van der Waals surface area contributed by atoms with Crippen LogP contribution >= 0.6 is 0 Å². The van der Waals surface area contributed by atoms with E-state index in [4.69, 9.17) is 4.74 Å². The number of aromatic nitrogens is 1. The van der Waals surface area contributed by atoms with Crippen molar-refractivity contribution in [3.05, 3.63) is 59.9 Å². The summed E-state index contributed by atoms with van der Waals surface area (Å²) in [6, 6.07) is 11.7. The van der Waals surface area contributed by atoms with Gasteiger partial charge in [-0.25, -0.2) is 0 Å². The summed E-state index contributed by atoms with van der Waals surface area (Å²) in [5, 5.41) is 0. The molecule has 2 rings (SSSR count). The quantitative estimate of drug-likeness (QED) is 0.773. The van der Waals surface area contributed by atoms with Crippen molar-refractivity contribution in [3.63, 3.8) is 0 Å². The van der Waals surface area contributed by atoms with Gasteiger partial charge in [-0.1, -0.05) is 38.5 Å². The second-order valence-corrected chi connectivity index (χ2v) is 7.75. The minimum absolute atomic E-state index is 0.0261. The number of ether oxygens (including phenoxy) is 1. The maximum atomic E-state index is 13.4. The zero-order valence-corrected chi connectivity index (χ0v) is 16.2. The van der Waals surface area contributed by atoms with E-state index in [1.807, 2.05) is 67.5 Å². The largest absolute Gasteiger partial charge is 0.383 e. The molecule has 0 fully saturated rings. The summed E-state index contributed by atoms with van der Waals surface area (Å²) in [7, 11) is 1.67. The molecule has 0 bridgehead atoms. The summed E-state index contributed by atoms with van der Waals surface area (Å²) in [6.07, 6.45) is 3.93. The monoisotopic (exact) mass is 342 g/mol. The number of hydrogen-bond donors (Lipinski definition) is 0. The van der Waals surface area contributed by atoms with Gasteiger partial charge in [-0.15, -0.1) is 0 Å². The molecular weight excluding hydrogens is 312 g/mol. The van der Waals surface area contributed by atoms with Gasteiger partial charge < -0.3 is 14.2 Å². The molecule has 2 atom stereocenters. The Bertz CT molecular complexity index is 669. The Labute approximate surface area is 151 Å². The molecule has 0 unspecified atom stereocenters. The normalized spacial score (nSPS) is 14.2. The van der Waals surface area contributed by atoms with Crippen LogP contribution in [0.25, 0.3) is 0 Å². The molecule has 0 aliphatic rings. The maximum Gasteiger partial charge on any atom is 0.255 e. The van der Waals surface area contributed by atoms with Crippen LogP contribution in [0.2, 0.25) is 0 Å². The first-order chi connectivity index (χ1) is 11.8. The van der Waals surface area contributed by atoms with Gasteiger partial charge >= 0.3 is 0 Å². The molecule has 4 nitrogen and oxygen atoms in total. The molecule has 1 aromatic heterocycles. The number of aryl methyl sites for hydroxylation is 1. The smallest absolute Gasteiger partial charge is 0.255 e. The molecule has 2 aromatic rings. The van der Waals surface area contributed by atoms with Crippen molar-refractivity contribution in [1.29, 1.82) is 0 Å². The molecule has 0 aliphatic heterocycles. The fraction of sp³-hybridized carbons (Fsp3) is 0.476. The van der Waals surface area contributed by atoms with Crippen molar-refractivity contribution in [1.82, 2.24) is 9.47 Å². The zero-order chi connectivity index (χ0) is 18.6. The van der Waals surface area contributed by atoms with E-state index in [0.717, 1.165) is 5.56 Å². The van der Waals surface area contributed by atoms with Crippen LogP contribution in [0.4, 0.5) is 0 Å². The topological polar surface area (TPSA) is 34.5 Å². The van der Waals surface area contributed by atoms with Crippen LogP contribution in [0, 0.1) is 12.3 Å². The van der Waals surface area contributed by atoms with E-state index in [1.165, 1.54) is 0 Å². The Morgan fingerprint density at radius 2 is 1.72 bits per heavy atom. The van der Waals surface area contributed by atoms with E-state index in [2.05, 4.69) is 25.3 Å². The number of methoxy groups -OCH3 is 1. The van der Waals surface area contributed by atoms with Gasteiger partial charge in [0.2, 0.25) is 0 Å². The first-order valence-electron chi connectivity index (χ1n) is 8.76. The lowest BCUT2D eigenvalue weighted by Crippen LogP contribution is -2.49. The molecule has 0 spiro atoms. The van der Waals surface area contributed by atoms with Gasteiger partial charge in [-0.2, -0.15) is 0 Å². The lowest BCUT2D eigenvalue weighted by molar-refractivity contribution is -0.00336. The van der Waals surface area contributed by atoms with Crippen molar-refractivity contribution in [2.75, 3.05) is 13.7 Å². The van der Waals surface area contributed by atoms with Crippen molar-refractivity contribution < 1.29 is 9.53 Å². The summed E-state index contributed by atoms with van der Waals surface area (Å²) < 4.78 is 7.48. The van der Waals surface area contributed by atoms with Crippen LogP contribution < -0.4 is 0 Å². The van der Waals surface area contributed by atoms with Gasteiger partial charge in [0, 0.05) is 30.5 Å². The molecule has 0 saturated carbocycles. The van der Waals surface area contributed by atoms with Gasteiger partial charge in [-0.3, -0.25) is 4.79 Å². The van der Waals surface area contributed by atoms with Crippen molar-refractivity contribution in [3.8, 4) is 0 Å². The molecular formula is C21H30N2O2. The SMILES string of the molecule is COC[C@H](C)N(C(=O)c1ccc(C)cc1)[C@H](n1cccc1)C(C)(C)C. The number of carbonyl (C=O) groups excluding carboxylic acids is 1. The number of nitrogens with zero attached hydrogens (tertiary/aromatic N) is 2. The first kappa shape index (κ1) is 19.3. The Morgan fingerprint density at radius 3 is 2.20 bits per heavy atom. The fourth-order valence-electron chi connectivity index (χ4n) is 3.24. The summed E-state index contributed by atoms with van der Waals surface area (Å²) in [5.74, 6) is 0.0261. The van der Waals surface area contributed by atoms with Crippen LogP contribution in [0.3, 0.4) is 0 Å². The molecule has 0 aliphatic carbocycles. The molecule has 136 valence electrons. The van der Waals surface area contributed by atoms with Crippen molar-refractivity contribution in [2.24, 2.45) is 5.41 Å². The molecule has 0 saturated heterocycles. The molecule has 1 amide bonds. The third-order valence-corrected chi connectivity index (χ3v) is 4.36. The lowest BCUT2D eigenvalue weighted by atomic mass is 9.89. The van der Waals surface area contributed by atoms with Crippen LogP contribution in [0.15, 0.2) is 48.8 Å². The fourth-order valence-corrected chi connectivity index (χ4v) is 3.24. The Kier molecular flexibility index (Phi) is 6.07. The number of benzene rings is 1. The van der Waals surface area contributed by atoms with E-state index < -0.39 is 0 Å². The van der Waals surface area contributed by atoms with Gasteiger partial charge in [0.05, 0.1) is 12.6 Å². The second kappa shape index (κ2) is 7.87. The van der Waals surface area contributed by atoms with E-state index in [0.29, 0.717) is 12.2 Å². The standard InChI is InChI=1S/C21H30N2O2/c1-16-9-11-18(12-10-16)19(24)23(17(2)15-25-6)20(21(3,4)5)22-13-7-8-14-22/h7-14,17,20H,15H2,1-6H3/t17-,20-/m0/s1. The Hall–Kier alpha value is -2.07. The van der Waals surface area contributed by atoms with Crippen LogP contribution in [0.5, 0.6) is 0 Å². The summed E-state index contributed by atoms with van der Waals surface area (Å²) in [4.78, 5) is 15.4. The van der Waals surface area contributed by atoms with E-state index in [-0.39, 0.29) is 23.5 Å². The van der Waals surface area contributed by atoms with Gasteiger partial charge in [0.15, 0.2) is 0 Å². The molecule has 0 N–H and O–H groups in total. The second-order valence-electron chi connectivity index (χ2n) is 7.75. The van der Waals surface area contributed by atoms with Crippen LogP contribution in [-0.4, -0.2) is 35.1 Å². The van der Waals surface area contributed by atoms with Crippen LogP contribution in [-0.2, 0) is 4.74 Å². The third-order valence-electron chi connectivity index (χ3n) is 4.36. The molecule has 4 heteroatoms. The number of carbonyl (C=O) groups is 1. The van der Waals surface area contributed by atoms with Crippen LogP contribution in [0.1, 0.15) is 49.8 Å². The minimum Gasteiger partial charge on any atom is -0.383 e. The average Bonchev–Trinajstić information content (AvgIpc) is 3.05. The first-order valence-corrected chi connectivity index (χ1v) is 8.76. The lowest BCUT2D eigenvalue weighted by Gasteiger charge is -2.44. The predicted molar refractivity (Wildman–Crippen MR) is 102 cm³/mol. The highest BCUT2D eigenvalue weighted by Gasteiger charge is 2.37. The molecule has 25 heavy (non-hydrogen) atoms. The van der Waals surface area contributed by atoms with E-state index >= 15 is 0 Å². The minimum atomic E-state index is -0.138. The predicted octanol–water partition coefficient (Wildman–Crippen LogP) is 4.52. The summed E-state index contributed by atoms with van der Waals surface area (Å²) >= 11 is 0. The summed E-state index contributed by atoms with van der Waals surface area (Å²) in [5.41, 5.74) is 1.71. The highest BCUT2D eigenvalue weighted by atomic mass is 16.5. The van der Waals surface area contributed by atoms with Crippen molar-refractivity contribution in [2.45, 2.75) is 46.8 Å². The zero-order valence-electron chi connectivity index (χ0n) is 16.2. The summed E-state index contributed by atoms with van der Waals surface area (Å²) in [6.45, 7) is 11.0. The number of hydrogen-bond acceptors (Lipinski definition) is 2. The highest BCUT2D eigenvalue weighted by molar-refractivity contribution is 5.94. The van der Waals surface area contributed by atoms with Gasteiger partial charge in [0.1, 0.15) is 6.17 Å². The number of rotatable bonds is 6. The van der Waals surface area contributed by atoms with Gasteiger partial charge in [0.25, 0.3) is 5.91 Å². The Balaban J connectivity index is 2.49. The molecule has 1 aromatic carbocycles. The Morgan fingerprint density at radius 1 is 1.16 bits per heavy atom. The third kappa shape index (κ3) is 4.51. The van der Waals surface area contributed by atoms with E-state index in [1.54, 1.807) is 7.11 Å². The average molecular weight is 342 g/mol. The van der Waals surface area contributed by atoms with Crippen molar-refractivity contribution >= 4 is 5.91 Å². The molecule has 1 heterocycles.